The number of aromatic nitrogens is 1. The Balaban J connectivity index is 1.82. The first-order valence-electron chi connectivity index (χ1n) is 7.62. The van der Waals surface area contributed by atoms with E-state index in [1.165, 1.54) is 11.6 Å². The van der Waals surface area contributed by atoms with Crippen LogP contribution in [0.15, 0.2) is 48.7 Å². The largest absolute Gasteiger partial charge is 0.504 e. The lowest BCUT2D eigenvalue weighted by Crippen LogP contribution is -2.20. The zero-order valence-corrected chi connectivity index (χ0v) is 13.3. The second-order valence-electron chi connectivity index (χ2n) is 5.80. The Hall–Kier alpha value is -2.75. The number of rotatable bonds is 4. The highest BCUT2D eigenvalue weighted by Crippen LogP contribution is 2.28. The molecule has 118 valence electrons. The van der Waals surface area contributed by atoms with Gasteiger partial charge in [-0.1, -0.05) is 24.3 Å². The molecule has 4 nitrogen and oxygen atoms in total. The summed E-state index contributed by atoms with van der Waals surface area (Å²) in [5, 5.41) is 20.1. The Morgan fingerprint density at radius 2 is 1.87 bits per heavy atom. The summed E-state index contributed by atoms with van der Waals surface area (Å²) in [6, 6.07) is 13.2. The molecule has 0 bridgehead atoms. The molecule has 0 atom stereocenters. The third-order valence-corrected chi connectivity index (χ3v) is 4.14. The van der Waals surface area contributed by atoms with Crippen molar-refractivity contribution in [2.45, 2.75) is 13.3 Å². The van der Waals surface area contributed by atoms with Crippen molar-refractivity contribution < 1.29 is 10.2 Å². The van der Waals surface area contributed by atoms with Gasteiger partial charge in [0.25, 0.3) is 0 Å². The molecule has 0 aliphatic carbocycles. The number of aryl methyl sites for hydroxylation is 1. The number of phenolic OH excluding ortho intramolecular Hbond substituents is 2. The lowest BCUT2D eigenvalue weighted by Gasteiger charge is -2.21. The Labute approximate surface area is 135 Å². The van der Waals surface area contributed by atoms with Gasteiger partial charge in [0, 0.05) is 30.9 Å². The van der Waals surface area contributed by atoms with Crippen molar-refractivity contribution in [2.24, 2.45) is 0 Å². The van der Waals surface area contributed by atoms with Gasteiger partial charge in [-0.25, -0.2) is 0 Å². The fourth-order valence-electron chi connectivity index (χ4n) is 2.78. The third kappa shape index (κ3) is 3.06. The SMILES string of the molecule is Cc1cccc2c(N(C)CCc3ccc(O)c(O)c3)ccnc12. The van der Waals surface area contributed by atoms with E-state index in [1.807, 2.05) is 18.3 Å². The van der Waals surface area contributed by atoms with Crippen LogP contribution in [0.4, 0.5) is 5.69 Å². The number of nitrogens with zero attached hydrogens (tertiary/aromatic N) is 2. The second-order valence-corrected chi connectivity index (χ2v) is 5.80. The molecule has 1 heterocycles. The normalized spacial score (nSPS) is 10.9. The molecule has 0 unspecified atom stereocenters. The van der Waals surface area contributed by atoms with Crippen LogP contribution < -0.4 is 4.90 Å². The highest BCUT2D eigenvalue weighted by atomic mass is 16.3. The van der Waals surface area contributed by atoms with Crippen LogP contribution in [-0.2, 0) is 6.42 Å². The van der Waals surface area contributed by atoms with E-state index < -0.39 is 0 Å². The zero-order chi connectivity index (χ0) is 16.4. The number of aromatic hydroxyl groups is 2. The molecule has 1 aromatic heterocycles. The van der Waals surface area contributed by atoms with Crippen molar-refractivity contribution >= 4 is 16.6 Å². The zero-order valence-electron chi connectivity index (χ0n) is 13.3. The van der Waals surface area contributed by atoms with Gasteiger partial charge in [0.05, 0.1) is 5.52 Å². The predicted molar refractivity (Wildman–Crippen MR) is 93.2 cm³/mol. The van der Waals surface area contributed by atoms with Gasteiger partial charge in [-0.3, -0.25) is 4.98 Å². The number of hydrogen-bond acceptors (Lipinski definition) is 4. The van der Waals surface area contributed by atoms with E-state index in [0.29, 0.717) is 0 Å². The number of pyridine rings is 1. The average molecular weight is 308 g/mol. The number of phenols is 2. The molecule has 0 spiro atoms. The number of para-hydroxylation sites is 1. The van der Waals surface area contributed by atoms with Gasteiger partial charge in [0.2, 0.25) is 0 Å². The molecule has 3 rings (SSSR count). The Morgan fingerprint density at radius 1 is 1.04 bits per heavy atom. The highest BCUT2D eigenvalue weighted by molar-refractivity contribution is 5.93. The minimum Gasteiger partial charge on any atom is -0.504 e. The number of hydrogen-bond donors (Lipinski definition) is 2. The van der Waals surface area contributed by atoms with Crippen LogP contribution in [0, 0.1) is 6.92 Å². The van der Waals surface area contributed by atoms with Crippen molar-refractivity contribution in [3.05, 3.63) is 59.8 Å². The van der Waals surface area contributed by atoms with Gasteiger partial charge in [0.1, 0.15) is 0 Å². The van der Waals surface area contributed by atoms with Crippen molar-refractivity contribution in [3.63, 3.8) is 0 Å². The maximum atomic E-state index is 9.58. The van der Waals surface area contributed by atoms with E-state index in [4.69, 9.17) is 0 Å². The van der Waals surface area contributed by atoms with E-state index in [9.17, 15) is 10.2 Å². The summed E-state index contributed by atoms with van der Waals surface area (Å²) in [5.74, 6) is -0.159. The molecule has 0 aliphatic heterocycles. The molecule has 2 aromatic carbocycles. The maximum Gasteiger partial charge on any atom is 0.157 e. The first kappa shape index (κ1) is 15.2. The summed E-state index contributed by atoms with van der Waals surface area (Å²) in [5.41, 5.74) is 4.32. The number of fused-ring (bicyclic) bond motifs is 1. The van der Waals surface area contributed by atoms with Crippen LogP contribution in [0.1, 0.15) is 11.1 Å². The summed E-state index contributed by atoms with van der Waals surface area (Å²) in [4.78, 5) is 6.66. The van der Waals surface area contributed by atoms with Gasteiger partial charge < -0.3 is 15.1 Å². The van der Waals surface area contributed by atoms with Crippen molar-refractivity contribution in [2.75, 3.05) is 18.5 Å². The van der Waals surface area contributed by atoms with Crippen LogP contribution in [-0.4, -0.2) is 28.8 Å². The smallest absolute Gasteiger partial charge is 0.157 e. The quantitative estimate of drug-likeness (QED) is 0.723. The van der Waals surface area contributed by atoms with Gasteiger partial charge in [-0.15, -0.1) is 0 Å². The van der Waals surface area contributed by atoms with E-state index in [0.717, 1.165) is 35.1 Å². The molecule has 0 amide bonds. The molecule has 3 aromatic rings. The van der Waals surface area contributed by atoms with E-state index in [1.54, 1.807) is 6.07 Å². The molecule has 0 saturated heterocycles. The molecule has 0 aliphatic rings. The maximum absolute atomic E-state index is 9.58. The molecule has 2 N–H and O–H groups in total. The Bertz CT molecular complexity index is 846. The average Bonchev–Trinajstić information content (AvgIpc) is 2.55. The van der Waals surface area contributed by atoms with Crippen LogP contribution in [0.3, 0.4) is 0 Å². The first-order valence-corrected chi connectivity index (χ1v) is 7.62. The fourth-order valence-corrected chi connectivity index (χ4v) is 2.78. The van der Waals surface area contributed by atoms with Gasteiger partial charge >= 0.3 is 0 Å². The van der Waals surface area contributed by atoms with Gasteiger partial charge in [-0.05, 0) is 42.7 Å². The Kier molecular flexibility index (Phi) is 4.06. The van der Waals surface area contributed by atoms with E-state index in [-0.39, 0.29) is 11.5 Å². The van der Waals surface area contributed by atoms with Crippen LogP contribution >= 0.6 is 0 Å². The summed E-state index contributed by atoms with van der Waals surface area (Å²) >= 11 is 0. The van der Waals surface area contributed by atoms with Crippen LogP contribution in [0.5, 0.6) is 11.5 Å². The summed E-state index contributed by atoms with van der Waals surface area (Å²) < 4.78 is 0. The lowest BCUT2D eigenvalue weighted by atomic mass is 10.1. The first-order chi connectivity index (χ1) is 11.1. The fraction of sp³-hybridized carbons (Fsp3) is 0.211. The minimum atomic E-state index is -0.0855. The van der Waals surface area contributed by atoms with Crippen LogP contribution in [0.2, 0.25) is 0 Å². The molecule has 0 saturated carbocycles. The topological polar surface area (TPSA) is 56.6 Å². The van der Waals surface area contributed by atoms with Crippen molar-refractivity contribution in [3.8, 4) is 11.5 Å². The molecule has 4 heteroatoms. The minimum absolute atomic E-state index is 0.0739. The summed E-state index contributed by atoms with van der Waals surface area (Å²) in [6.07, 6.45) is 2.62. The molecular formula is C19H20N2O2. The second kappa shape index (κ2) is 6.16. The third-order valence-electron chi connectivity index (χ3n) is 4.14. The summed E-state index contributed by atoms with van der Waals surface area (Å²) in [6.45, 7) is 2.87. The van der Waals surface area contributed by atoms with E-state index >= 15 is 0 Å². The van der Waals surface area contributed by atoms with E-state index in [2.05, 4.69) is 42.1 Å². The lowest BCUT2D eigenvalue weighted by molar-refractivity contribution is 0.403. The summed E-state index contributed by atoms with van der Waals surface area (Å²) in [7, 11) is 2.05. The Morgan fingerprint density at radius 3 is 2.65 bits per heavy atom. The molecule has 0 radical (unpaired) electrons. The number of likely N-dealkylation sites (N-methyl/N-ethyl adjacent to an activating group) is 1. The molecule has 23 heavy (non-hydrogen) atoms. The standard InChI is InChI=1S/C19H20N2O2/c1-13-4-3-5-15-16(8-10-20-19(13)15)21(2)11-9-14-6-7-17(22)18(23)12-14/h3-8,10,12,22-23H,9,11H2,1-2H3. The molecular weight excluding hydrogens is 288 g/mol. The van der Waals surface area contributed by atoms with Crippen molar-refractivity contribution in [1.29, 1.82) is 0 Å². The number of anilines is 1. The van der Waals surface area contributed by atoms with Crippen LogP contribution in [0.25, 0.3) is 10.9 Å². The number of benzene rings is 2. The molecule has 0 fully saturated rings. The van der Waals surface area contributed by atoms with Gasteiger partial charge in [-0.2, -0.15) is 0 Å². The predicted octanol–water partition coefficient (Wildman–Crippen LogP) is 3.63. The highest BCUT2D eigenvalue weighted by Gasteiger charge is 2.09. The van der Waals surface area contributed by atoms with Crippen molar-refractivity contribution in [1.82, 2.24) is 4.98 Å². The monoisotopic (exact) mass is 308 g/mol. The van der Waals surface area contributed by atoms with Gasteiger partial charge in [0.15, 0.2) is 11.5 Å².